The van der Waals surface area contributed by atoms with Crippen LogP contribution in [-0.2, 0) is 10.2 Å². The van der Waals surface area contributed by atoms with E-state index in [9.17, 15) is 0 Å². The highest BCUT2D eigenvalue weighted by atomic mass is 16.6. The zero-order chi connectivity index (χ0) is 17.7. The van der Waals surface area contributed by atoms with Crippen LogP contribution in [0, 0.1) is 0 Å². The Labute approximate surface area is 149 Å². The second kappa shape index (κ2) is 7.95. The molecule has 1 unspecified atom stereocenters. The molecule has 138 valence electrons. The molecule has 1 aliphatic carbocycles. The van der Waals surface area contributed by atoms with Crippen LogP contribution < -0.4 is 20.5 Å². The molecule has 0 amide bonds. The highest BCUT2D eigenvalue weighted by Gasteiger charge is 2.36. The number of nitrogens with zero attached hydrogens (tertiary/aromatic N) is 1. The highest BCUT2D eigenvalue weighted by molar-refractivity contribution is 5.78. The fourth-order valence-electron chi connectivity index (χ4n) is 3.79. The van der Waals surface area contributed by atoms with E-state index in [1.54, 1.807) is 7.11 Å². The fraction of sp³-hybridized carbons (Fsp3) is 0.632. The molecule has 1 heterocycles. The minimum Gasteiger partial charge on any atom is -0.486 e. The summed E-state index contributed by atoms with van der Waals surface area (Å²) in [7, 11) is 1.68. The van der Waals surface area contributed by atoms with Gasteiger partial charge in [0.2, 0.25) is 0 Å². The largest absolute Gasteiger partial charge is 0.486 e. The van der Waals surface area contributed by atoms with Crippen LogP contribution in [-0.4, -0.2) is 45.5 Å². The van der Waals surface area contributed by atoms with Crippen molar-refractivity contribution in [1.82, 2.24) is 5.32 Å². The summed E-state index contributed by atoms with van der Waals surface area (Å²) in [6.45, 7) is 4.53. The summed E-state index contributed by atoms with van der Waals surface area (Å²) in [5.74, 6) is 2.16. The molecular formula is C19H29N3O3. The van der Waals surface area contributed by atoms with Crippen molar-refractivity contribution in [3.8, 4) is 11.5 Å². The molecule has 0 saturated heterocycles. The molecule has 2 aliphatic rings. The normalized spacial score (nSPS) is 20.3. The van der Waals surface area contributed by atoms with Gasteiger partial charge in [0.05, 0.1) is 13.2 Å². The van der Waals surface area contributed by atoms with Gasteiger partial charge < -0.3 is 25.3 Å². The van der Waals surface area contributed by atoms with E-state index < -0.39 is 0 Å². The van der Waals surface area contributed by atoms with E-state index in [2.05, 4.69) is 22.4 Å². The number of hydrogen-bond donors (Lipinski definition) is 2. The molecule has 0 bridgehead atoms. The van der Waals surface area contributed by atoms with Crippen molar-refractivity contribution in [2.45, 2.75) is 44.1 Å². The first-order chi connectivity index (χ1) is 12.1. The summed E-state index contributed by atoms with van der Waals surface area (Å²) >= 11 is 0. The quantitative estimate of drug-likeness (QED) is 0.609. The number of hydrogen-bond acceptors (Lipinski definition) is 4. The van der Waals surface area contributed by atoms with Gasteiger partial charge in [-0.05, 0) is 37.5 Å². The average Bonchev–Trinajstić information content (AvgIpc) is 3.10. The van der Waals surface area contributed by atoms with Crippen molar-refractivity contribution in [3.05, 3.63) is 23.8 Å². The molecule has 1 aromatic carbocycles. The Morgan fingerprint density at radius 1 is 1.28 bits per heavy atom. The van der Waals surface area contributed by atoms with Crippen molar-refractivity contribution in [1.29, 1.82) is 0 Å². The van der Waals surface area contributed by atoms with Crippen LogP contribution in [0.1, 0.15) is 38.2 Å². The number of rotatable bonds is 6. The van der Waals surface area contributed by atoms with Gasteiger partial charge in [-0.3, -0.25) is 4.99 Å². The number of nitrogens with one attached hydrogen (secondary N) is 1. The lowest BCUT2D eigenvalue weighted by molar-refractivity contribution is 0.171. The summed E-state index contributed by atoms with van der Waals surface area (Å²) in [4.78, 5) is 4.64. The zero-order valence-electron chi connectivity index (χ0n) is 15.2. The minimum absolute atomic E-state index is 0.0344. The second-order valence-electron chi connectivity index (χ2n) is 7.05. The molecule has 25 heavy (non-hydrogen) atoms. The molecule has 1 fully saturated rings. The van der Waals surface area contributed by atoms with Crippen molar-refractivity contribution < 1.29 is 14.2 Å². The van der Waals surface area contributed by atoms with E-state index in [1.165, 1.54) is 18.4 Å². The van der Waals surface area contributed by atoms with Gasteiger partial charge in [-0.15, -0.1) is 0 Å². The summed E-state index contributed by atoms with van der Waals surface area (Å²) in [5, 5.41) is 3.18. The Hall–Kier alpha value is -1.95. The lowest BCUT2D eigenvalue weighted by Crippen LogP contribution is -2.41. The maximum Gasteiger partial charge on any atom is 0.188 e. The second-order valence-corrected chi connectivity index (χ2v) is 7.05. The number of nitrogens with two attached hydrogens (primary N) is 1. The summed E-state index contributed by atoms with van der Waals surface area (Å²) in [6.07, 6.45) is 4.68. The van der Waals surface area contributed by atoms with Gasteiger partial charge in [0.25, 0.3) is 0 Å². The number of benzene rings is 1. The average molecular weight is 347 g/mol. The first-order valence-corrected chi connectivity index (χ1v) is 9.08. The van der Waals surface area contributed by atoms with E-state index in [-0.39, 0.29) is 11.5 Å². The Morgan fingerprint density at radius 3 is 2.72 bits per heavy atom. The molecule has 1 aromatic rings. The van der Waals surface area contributed by atoms with Crippen molar-refractivity contribution in [2.75, 3.05) is 33.5 Å². The SMILES string of the molecule is COCC(C)NC(N)=NCC1(c2ccc3c(c2)OCCO3)CCCC1. The number of ether oxygens (including phenoxy) is 3. The van der Waals surface area contributed by atoms with Crippen LogP contribution in [0.5, 0.6) is 11.5 Å². The van der Waals surface area contributed by atoms with Gasteiger partial charge >= 0.3 is 0 Å². The zero-order valence-corrected chi connectivity index (χ0v) is 15.2. The number of methoxy groups -OCH3 is 1. The Kier molecular flexibility index (Phi) is 5.68. The van der Waals surface area contributed by atoms with E-state index in [0.717, 1.165) is 24.3 Å². The van der Waals surface area contributed by atoms with Gasteiger partial charge in [0.15, 0.2) is 17.5 Å². The molecule has 3 N–H and O–H groups in total. The van der Waals surface area contributed by atoms with Crippen LogP contribution in [0.15, 0.2) is 23.2 Å². The number of fused-ring (bicyclic) bond motifs is 1. The summed E-state index contributed by atoms with van der Waals surface area (Å²) < 4.78 is 16.5. The smallest absolute Gasteiger partial charge is 0.188 e. The molecule has 3 rings (SSSR count). The third kappa shape index (κ3) is 4.18. The molecule has 0 aromatic heterocycles. The monoisotopic (exact) mass is 347 g/mol. The van der Waals surface area contributed by atoms with Gasteiger partial charge in [-0.1, -0.05) is 18.9 Å². The van der Waals surface area contributed by atoms with Gasteiger partial charge in [0, 0.05) is 18.6 Å². The fourth-order valence-corrected chi connectivity index (χ4v) is 3.79. The topological polar surface area (TPSA) is 78.1 Å². The van der Waals surface area contributed by atoms with Crippen LogP contribution in [0.3, 0.4) is 0 Å². The van der Waals surface area contributed by atoms with Gasteiger partial charge in [-0.2, -0.15) is 0 Å². The summed E-state index contributed by atoms with van der Waals surface area (Å²) in [6, 6.07) is 6.45. The molecule has 1 saturated carbocycles. The molecule has 0 spiro atoms. The third-order valence-electron chi connectivity index (χ3n) is 5.08. The molecule has 1 aliphatic heterocycles. The van der Waals surface area contributed by atoms with E-state index >= 15 is 0 Å². The number of guanidine groups is 1. The molecule has 6 nitrogen and oxygen atoms in total. The third-order valence-corrected chi connectivity index (χ3v) is 5.08. The van der Waals surface area contributed by atoms with E-state index in [4.69, 9.17) is 19.9 Å². The van der Waals surface area contributed by atoms with Crippen LogP contribution in [0.25, 0.3) is 0 Å². The van der Waals surface area contributed by atoms with Crippen LogP contribution in [0.2, 0.25) is 0 Å². The molecule has 6 heteroatoms. The lowest BCUT2D eigenvalue weighted by Gasteiger charge is -2.30. The predicted molar refractivity (Wildman–Crippen MR) is 98.5 cm³/mol. The maximum atomic E-state index is 6.07. The Bertz CT molecular complexity index is 612. The van der Waals surface area contributed by atoms with Crippen molar-refractivity contribution in [2.24, 2.45) is 10.7 Å². The van der Waals surface area contributed by atoms with Crippen LogP contribution in [0.4, 0.5) is 0 Å². The highest BCUT2D eigenvalue weighted by Crippen LogP contribution is 2.44. The van der Waals surface area contributed by atoms with Gasteiger partial charge in [-0.25, -0.2) is 0 Å². The summed E-state index contributed by atoms with van der Waals surface area (Å²) in [5.41, 5.74) is 7.38. The predicted octanol–water partition coefficient (Wildman–Crippen LogP) is 2.21. The maximum absolute atomic E-state index is 6.07. The van der Waals surface area contributed by atoms with Gasteiger partial charge in [0.1, 0.15) is 13.2 Å². The Morgan fingerprint density at radius 2 is 2.00 bits per heavy atom. The van der Waals surface area contributed by atoms with Crippen molar-refractivity contribution in [3.63, 3.8) is 0 Å². The molecule has 1 atom stereocenters. The van der Waals surface area contributed by atoms with Crippen LogP contribution >= 0.6 is 0 Å². The van der Waals surface area contributed by atoms with E-state index in [0.29, 0.717) is 32.3 Å². The first-order valence-electron chi connectivity index (χ1n) is 9.08. The molecule has 0 radical (unpaired) electrons. The van der Waals surface area contributed by atoms with E-state index in [1.807, 2.05) is 13.0 Å². The van der Waals surface area contributed by atoms with Crippen molar-refractivity contribution >= 4 is 5.96 Å². The lowest BCUT2D eigenvalue weighted by atomic mass is 9.79. The first kappa shape index (κ1) is 17.9. The standard InChI is InChI=1S/C19H29N3O3/c1-14(12-23-2)22-18(20)21-13-19(7-3-4-8-19)15-5-6-16-17(11-15)25-10-9-24-16/h5-6,11,14H,3-4,7-10,12-13H2,1-2H3,(H3,20,21,22). The number of aliphatic imine (C=N–C) groups is 1. The molecular weight excluding hydrogens is 318 g/mol. The Balaban J connectivity index is 1.75. The minimum atomic E-state index is 0.0344.